The molecule has 5 N–H and O–H groups in total. The Kier molecular flexibility index (Phi) is 4.27. The standard InChI is InChI=1S/C6H10N2O12/c9-1-2-3(10)4(11)5(12,19-7(14)15)6(13,18-2)20-8(16)17/h2-4,9-13H,1H2/t2-,3-,4+,5-,6?/m1/s1. The molecule has 20 heavy (non-hydrogen) atoms. The van der Waals surface area contributed by atoms with Crippen LogP contribution in [0.5, 0.6) is 0 Å². The van der Waals surface area contributed by atoms with E-state index in [0.29, 0.717) is 0 Å². The van der Waals surface area contributed by atoms with Gasteiger partial charge in [0.2, 0.25) is 0 Å². The SMILES string of the molecule is O=[N+]([O-])OC1(O)O[C@H](CO)[C@@H](O)[C@H](O)[C@@]1(O)O[N+](=O)[O-]. The molecule has 14 heteroatoms. The van der Waals surface area contributed by atoms with Gasteiger partial charge >= 0.3 is 11.8 Å². The van der Waals surface area contributed by atoms with Crippen LogP contribution < -0.4 is 0 Å². The number of ether oxygens (including phenoxy) is 1. The molecule has 116 valence electrons. The van der Waals surface area contributed by atoms with Crippen molar-refractivity contribution in [3.63, 3.8) is 0 Å². The first-order chi connectivity index (χ1) is 9.07. The molecule has 0 aromatic heterocycles. The van der Waals surface area contributed by atoms with Gasteiger partial charge in [0, 0.05) is 0 Å². The summed E-state index contributed by atoms with van der Waals surface area (Å²) in [7, 11) is 0. The number of aliphatic hydroxyl groups is 5. The number of hydrogen-bond donors (Lipinski definition) is 5. The highest BCUT2D eigenvalue weighted by molar-refractivity contribution is 4.97. The first-order valence-corrected chi connectivity index (χ1v) is 4.84. The lowest BCUT2D eigenvalue weighted by atomic mass is 9.94. The third-order valence-electron chi connectivity index (χ3n) is 2.46. The molecule has 0 saturated carbocycles. The Morgan fingerprint density at radius 2 is 1.65 bits per heavy atom. The highest BCUT2D eigenvalue weighted by atomic mass is 17.1. The molecule has 5 atom stereocenters. The zero-order valence-corrected chi connectivity index (χ0v) is 9.43. The van der Waals surface area contributed by atoms with Crippen molar-refractivity contribution in [3.05, 3.63) is 20.2 Å². The van der Waals surface area contributed by atoms with Crippen LogP contribution >= 0.6 is 0 Å². The highest BCUT2D eigenvalue weighted by Crippen LogP contribution is 2.38. The lowest BCUT2D eigenvalue weighted by Gasteiger charge is -2.48. The monoisotopic (exact) mass is 302 g/mol. The van der Waals surface area contributed by atoms with Gasteiger partial charge in [-0.05, 0) is 0 Å². The zero-order valence-electron chi connectivity index (χ0n) is 9.43. The second-order valence-electron chi connectivity index (χ2n) is 3.68. The number of aliphatic hydroxyl groups excluding tert-OH is 3. The van der Waals surface area contributed by atoms with Crippen LogP contribution in [0.2, 0.25) is 0 Å². The molecule has 0 amide bonds. The summed E-state index contributed by atoms with van der Waals surface area (Å²) >= 11 is 0. The van der Waals surface area contributed by atoms with Crippen LogP contribution in [0.1, 0.15) is 0 Å². The maximum absolute atomic E-state index is 10.2. The summed E-state index contributed by atoms with van der Waals surface area (Å²) in [6.45, 7) is -1.07. The Labute approximate surface area is 108 Å². The van der Waals surface area contributed by atoms with E-state index in [1.807, 2.05) is 0 Å². The van der Waals surface area contributed by atoms with Gasteiger partial charge in [-0.3, -0.25) is 4.84 Å². The average molecular weight is 302 g/mol. The van der Waals surface area contributed by atoms with Gasteiger partial charge in [-0.1, -0.05) is 0 Å². The average Bonchev–Trinajstić information content (AvgIpc) is 2.30. The molecule has 14 nitrogen and oxygen atoms in total. The molecule has 1 fully saturated rings. The van der Waals surface area contributed by atoms with Crippen molar-refractivity contribution in [2.75, 3.05) is 6.61 Å². The van der Waals surface area contributed by atoms with Crippen LogP contribution in [0, 0.1) is 20.2 Å². The maximum Gasteiger partial charge on any atom is 0.381 e. The first-order valence-electron chi connectivity index (χ1n) is 4.84. The van der Waals surface area contributed by atoms with Gasteiger partial charge in [0.1, 0.15) is 18.3 Å². The van der Waals surface area contributed by atoms with Crippen molar-refractivity contribution in [2.45, 2.75) is 30.1 Å². The van der Waals surface area contributed by atoms with Crippen molar-refractivity contribution in [1.29, 1.82) is 0 Å². The molecule has 1 heterocycles. The fourth-order valence-corrected chi connectivity index (χ4v) is 1.54. The Hall–Kier alpha value is -1.84. The molecule has 0 aromatic carbocycles. The van der Waals surface area contributed by atoms with Gasteiger partial charge in [0.05, 0.1) is 6.61 Å². The van der Waals surface area contributed by atoms with E-state index in [9.17, 15) is 40.7 Å². The van der Waals surface area contributed by atoms with Gasteiger partial charge in [0.25, 0.3) is 10.2 Å². The molecule has 1 unspecified atom stereocenters. The Bertz CT molecular complexity index is 403. The van der Waals surface area contributed by atoms with Crippen molar-refractivity contribution >= 4 is 0 Å². The van der Waals surface area contributed by atoms with E-state index in [4.69, 9.17) is 5.11 Å². The van der Waals surface area contributed by atoms with Crippen LogP contribution in [-0.2, 0) is 14.4 Å². The van der Waals surface area contributed by atoms with Crippen LogP contribution in [0.25, 0.3) is 0 Å². The lowest BCUT2D eigenvalue weighted by molar-refractivity contribution is -0.872. The molecule has 1 aliphatic heterocycles. The quantitative estimate of drug-likeness (QED) is 0.186. The molecule has 0 radical (unpaired) electrons. The van der Waals surface area contributed by atoms with Crippen molar-refractivity contribution in [1.82, 2.24) is 0 Å². The summed E-state index contributed by atoms with van der Waals surface area (Å²) in [4.78, 5) is 27.6. The zero-order chi connectivity index (χ0) is 15.7. The van der Waals surface area contributed by atoms with Crippen molar-refractivity contribution in [3.8, 4) is 0 Å². The van der Waals surface area contributed by atoms with Crippen LogP contribution in [0.4, 0.5) is 0 Å². The summed E-state index contributed by atoms with van der Waals surface area (Å²) in [5.41, 5.74) is 0. The van der Waals surface area contributed by atoms with E-state index in [0.717, 1.165) is 0 Å². The first kappa shape index (κ1) is 16.2. The van der Waals surface area contributed by atoms with E-state index in [1.165, 1.54) is 0 Å². The minimum absolute atomic E-state index is 1.07. The molecule has 0 spiro atoms. The van der Waals surface area contributed by atoms with Crippen molar-refractivity contribution < 1.29 is 50.1 Å². The molecular formula is C6H10N2O12. The summed E-state index contributed by atoms with van der Waals surface area (Å²) in [5, 5.41) is 64.1. The summed E-state index contributed by atoms with van der Waals surface area (Å²) in [6.07, 6.45) is -6.71. The third-order valence-corrected chi connectivity index (χ3v) is 2.46. The van der Waals surface area contributed by atoms with Gasteiger partial charge in [0.15, 0.2) is 0 Å². The fraction of sp³-hybridized carbons (Fsp3) is 1.00. The summed E-state index contributed by atoms with van der Waals surface area (Å²) < 4.78 is 4.29. The topological polar surface area (TPSA) is 215 Å². The highest BCUT2D eigenvalue weighted by Gasteiger charge is 2.69. The largest absolute Gasteiger partial charge is 0.394 e. The minimum atomic E-state index is -3.87. The number of nitrogens with zero attached hydrogens (tertiary/aromatic N) is 2. The van der Waals surface area contributed by atoms with E-state index in [2.05, 4.69) is 14.4 Å². The predicted molar refractivity (Wildman–Crippen MR) is 50.0 cm³/mol. The molecule has 1 rings (SSSR count). The Balaban J connectivity index is 3.24. The number of rotatable bonds is 5. The van der Waals surface area contributed by atoms with E-state index in [-0.39, 0.29) is 0 Å². The molecule has 0 aliphatic carbocycles. The van der Waals surface area contributed by atoms with E-state index in [1.54, 1.807) is 0 Å². The predicted octanol–water partition coefficient (Wildman–Crippen LogP) is -4.15. The smallest absolute Gasteiger partial charge is 0.381 e. The van der Waals surface area contributed by atoms with Crippen LogP contribution in [0.3, 0.4) is 0 Å². The van der Waals surface area contributed by atoms with Gasteiger partial charge in [-0.2, -0.15) is 0 Å². The molecule has 1 saturated heterocycles. The molecule has 1 aliphatic rings. The minimum Gasteiger partial charge on any atom is -0.394 e. The third kappa shape index (κ3) is 2.55. The Morgan fingerprint density at radius 1 is 1.15 bits per heavy atom. The van der Waals surface area contributed by atoms with Crippen molar-refractivity contribution in [2.24, 2.45) is 0 Å². The Morgan fingerprint density at radius 3 is 2.05 bits per heavy atom. The van der Waals surface area contributed by atoms with Crippen LogP contribution in [0.15, 0.2) is 0 Å². The second-order valence-corrected chi connectivity index (χ2v) is 3.68. The van der Waals surface area contributed by atoms with Gasteiger partial charge in [-0.15, -0.1) is 20.2 Å². The van der Waals surface area contributed by atoms with Gasteiger partial charge < -0.3 is 30.3 Å². The fourth-order valence-electron chi connectivity index (χ4n) is 1.54. The maximum atomic E-state index is 10.2. The molecule has 0 bridgehead atoms. The van der Waals surface area contributed by atoms with E-state index >= 15 is 0 Å². The van der Waals surface area contributed by atoms with E-state index < -0.39 is 46.9 Å². The summed E-state index contributed by atoms with van der Waals surface area (Å²) in [6, 6.07) is 0. The molecule has 0 aromatic rings. The summed E-state index contributed by atoms with van der Waals surface area (Å²) in [5.74, 6) is -7.70. The lowest BCUT2D eigenvalue weighted by Crippen LogP contribution is -2.75. The number of hydrogen-bond acceptors (Lipinski definition) is 12. The van der Waals surface area contributed by atoms with Gasteiger partial charge in [-0.25, -0.2) is 4.84 Å². The molecular weight excluding hydrogens is 292 g/mol. The second kappa shape index (κ2) is 5.27. The normalized spacial score (nSPS) is 41.0. The van der Waals surface area contributed by atoms with Crippen LogP contribution in [-0.4, -0.2) is 72.4 Å².